The molecule has 4 aliphatic heterocycles. The van der Waals surface area contributed by atoms with E-state index in [1.165, 1.54) is 0 Å². The summed E-state index contributed by atoms with van der Waals surface area (Å²) < 4.78 is 33.5. The average Bonchev–Trinajstić information content (AvgIpc) is 2.80. The van der Waals surface area contributed by atoms with Crippen molar-refractivity contribution >= 4 is 0 Å². The molecule has 0 aliphatic carbocycles. The van der Waals surface area contributed by atoms with Gasteiger partial charge >= 0.3 is 0 Å². The molecule has 0 saturated carbocycles. The highest BCUT2D eigenvalue weighted by atomic mass is 16.8. The molecule has 4 aliphatic rings. The largest absolute Gasteiger partial charge is 0.465 e. The molecule has 5 unspecified atom stereocenters. The maximum atomic E-state index is 5.95. The molecule has 5 atom stereocenters. The van der Waals surface area contributed by atoms with Gasteiger partial charge in [-0.2, -0.15) is 0 Å². The summed E-state index contributed by atoms with van der Waals surface area (Å²) in [5.74, 6) is 0.668. The third-order valence-corrected chi connectivity index (χ3v) is 3.76. The Kier molecular flexibility index (Phi) is 2.44. The Bertz CT molecular complexity index is 409. The van der Waals surface area contributed by atoms with Gasteiger partial charge in [0.1, 0.15) is 30.8 Å². The summed E-state index contributed by atoms with van der Waals surface area (Å²) in [7, 11) is 0. The highest BCUT2D eigenvalue weighted by Gasteiger charge is 2.68. The first-order chi connectivity index (χ1) is 9.16. The van der Waals surface area contributed by atoms with Gasteiger partial charge < -0.3 is 28.4 Å². The van der Waals surface area contributed by atoms with Crippen LogP contribution < -0.4 is 0 Å². The lowest BCUT2D eigenvalue weighted by atomic mass is 10.1. The standard InChI is InChI=1S/C13H16O6/c1-7-5-14-11(16-7)9-3-4-13(18-9)10(19-13)12-15-6-8(2)17-12/h9-12H,1-6H2. The predicted molar refractivity (Wildman–Crippen MR) is 61.6 cm³/mol. The van der Waals surface area contributed by atoms with Gasteiger partial charge in [-0.1, -0.05) is 13.2 Å². The first kappa shape index (κ1) is 11.7. The van der Waals surface area contributed by atoms with Crippen LogP contribution in [0.25, 0.3) is 0 Å². The van der Waals surface area contributed by atoms with E-state index in [2.05, 4.69) is 13.2 Å². The van der Waals surface area contributed by atoms with Crippen LogP contribution in [0.1, 0.15) is 12.8 Å². The quantitative estimate of drug-likeness (QED) is 0.697. The molecular weight excluding hydrogens is 252 g/mol. The number of rotatable bonds is 2. The van der Waals surface area contributed by atoms with E-state index in [0.717, 1.165) is 12.8 Å². The van der Waals surface area contributed by atoms with Gasteiger partial charge in [-0.25, -0.2) is 0 Å². The van der Waals surface area contributed by atoms with Crippen LogP contribution in [0, 0.1) is 0 Å². The van der Waals surface area contributed by atoms with E-state index < -0.39 is 12.1 Å². The zero-order chi connectivity index (χ0) is 13.0. The SMILES string of the molecule is C=C1COC(C2CCC3(O2)OC3C2OCC(=C)O2)O1. The lowest BCUT2D eigenvalue weighted by Crippen LogP contribution is -2.30. The average molecular weight is 268 g/mol. The van der Waals surface area contributed by atoms with Crippen LogP contribution >= 0.6 is 0 Å². The first-order valence-electron chi connectivity index (χ1n) is 6.44. The fourth-order valence-electron chi connectivity index (χ4n) is 2.80. The zero-order valence-corrected chi connectivity index (χ0v) is 10.5. The van der Waals surface area contributed by atoms with E-state index in [0.29, 0.717) is 24.7 Å². The topological polar surface area (TPSA) is 58.7 Å². The van der Waals surface area contributed by atoms with Crippen LogP contribution in [-0.2, 0) is 28.4 Å². The van der Waals surface area contributed by atoms with E-state index >= 15 is 0 Å². The van der Waals surface area contributed by atoms with Crippen LogP contribution in [0.15, 0.2) is 24.7 Å². The van der Waals surface area contributed by atoms with Crippen LogP contribution in [0.3, 0.4) is 0 Å². The van der Waals surface area contributed by atoms with Gasteiger partial charge in [-0.3, -0.25) is 0 Å². The van der Waals surface area contributed by atoms with Crippen molar-refractivity contribution in [1.29, 1.82) is 0 Å². The summed E-state index contributed by atoms with van der Waals surface area (Å²) in [6, 6.07) is 0. The van der Waals surface area contributed by atoms with Crippen molar-refractivity contribution in [3.63, 3.8) is 0 Å². The molecule has 4 rings (SSSR count). The van der Waals surface area contributed by atoms with Crippen molar-refractivity contribution in [2.45, 2.75) is 43.4 Å². The van der Waals surface area contributed by atoms with Crippen molar-refractivity contribution in [1.82, 2.24) is 0 Å². The Morgan fingerprint density at radius 3 is 2.26 bits per heavy atom. The number of hydrogen-bond donors (Lipinski definition) is 0. The summed E-state index contributed by atoms with van der Waals surface area (Å²) >= 11 is 0. The lowest BCUT2D eigenvalue weighted by Gasteiger charge is -2.17. The predicted octanol–water partition coefficient (Wildman–Crippen LogP) is 1.03. The highest BCUT2D eigenvalue weighted by Crippen LogP contribution is 2.52. The Morgan fingerprint density at radius 2 is 1.63 bits per heavy atom. The van der Waals surface area contributed by atoms with E-state index in [-0.39, 0.29) is 18.5 Å². The Hall–Kier alpha value is -1.08. The van der Waals surface area contributed by atoms with Crippen molar-refractivity contribution in [2.24, 2.45) is 0 Å². The summed E-state index contributed by atoms with van der Waals surface area (Å²) in [5, 5.41) is 0. The third-order valence-electron chi connectivity index (χ3n) is 3.76. The maximum absolute atomic E-state index is 5.95. The summed E-state index contributed by atoms with van der Waals surface area (Å²) in [6.45, 7) is 8.30. The molecule has 0 aromatic carbocycles. The minimum Gasteiger partial charge on any atom is -0.465 e. The summed E-state index contributed by atoms with van der Waals surface area (Å²) in [4.78, 5) is 0. The molecule has 4 fully saturated rings. The van der Waals surface area contributed by atoms with Crippen LogP contribution in [0.4, 0.5) is 0 Å². The molecule has 0 aromatic heterocycles. The first-order valence-corrected chi connectivity index (χ1v) is 6.44. The van der Waals surface area contributed by atoms with Gasteiger partial charge in [0.2, 0.25) is 18.4 Å². The molecule has 104 valence electrons. The summed E-state index contributed by atoms with van der Waals surface area (Å²) in [5.41, 5.74) is 0. The van der Waals surface area contributed by atoms with E-state index in [9.17, 15) is 0 Å². The molecule has 1 spiro atoms. The van der Waals surface area contributed by atoms with Crippen LogP contribution in [0.2, 0.25) is 0 Å². The van der Waals surface area contributed by atoms with Crippen molar-refractivity contribution in [2.75, 3.05) is 13.2 Å². The van der Waals surface area contributed by atoms with Gasteiger partial charge in [0.15, 0.2) is 6.10 Å². The second-order valence-corrected chi connectivity index (χ2v) is 5.22. The molecule has 19 heavy (non-hydrogen) atoms. The minimum absolute atomic E-state index is 0.131. The highest BCUT2D eigenvalue weighted by molar-refractivity contribution is 5.06. The van der Waals surface area contributed by atoms with Crippen LogP contribution in [-0.4, -0.2) is 43.8 Å². The molecule has 4 saturated heterocycles. The fraction of sp³-hybridized carbons (Fsp3) is 0.692. The molecule has 0 N–H and O–H groups in total. The van der Waals surface area contributed by atoms with Gasteiger partial charge in [-0.05, 0) is 6.42 Å². The second kappa shape index (κ2) is 3.96. The third kappa shape index (κ3) is 1.87. The molecule has 0 radical (unpaired) electrons. The molecule has 0 amide bonds. The summed E-state index contributed by atoms with van der Waals surface area (Å²) in [6.07, 6.45) is 0.495. The molecule has 6 heteroatoms. The van der Waals surface area contributed by atoms with Gasteiger partial charge in [0.25, 0.3) is 0 Å². The van der Waals surface area contributed by atoms with E-state index in [1.54, 1.807) is 0 Å². The molecule has 0 aromatic rings. The Labute approximate surface area is 110 Å². The molecule has 6 nitrogen and oxygen atoms in total. The Balaban J connectivity index is 1.38. The van der Waals surface area contributed by atoms with Crippen molar-refractivity contribution in [3.05, 3.63) is 24.7 Å². The fourth-order valence-corrected chi connectivity index (χ4v) is 2.80. The zero-order valence-electron chi connectivity index (χ0n) is 10.5. The molecule has 4 heterocycles. The number of hydrogen-bond acceptors (Lipinski definition) is 6. The smallest absolute Gasteiger partial charge is 0.231 e. The van der Waals surface area contributed by atoms with Gasteiger partial charge in [0, 0.05) is 6.42 Å². The van der Waals surface area contributed by atoms with Crippen LogP contribution in [0.5, 0.6) is 0 Å². The number of ether oxygens (including phenoxy) is 6. The van der Waals surface area contributed by atoms with E-state index in [1.807, 2.05) is 0 Å². The number of epoxide rings is 1. The van der Waals surface area contributed by atoms with Gasteiger partial charge in [0.05, 0.1) is 0 Å². The van der Waals surface area contributed by atoms with Crippen molar-refractivity contribution in [3.8, 4) is 0 Å². The molecular formula is C13H16O6. The van der Waals surface area contributed by atoms with Crippen molar-refractivity contribution < 1.29 is 28.4 Å². The monoisotopic (exact) mass is 268 g/mol. The normalized spacial score (nSPS) is 48.6. The van der Waals surface area contributed by atoms with E-state index in [4.69, 9.17) is 28.4 Å². The maximum Gasteiger partial charge on any atom is 0.231 e. The second-order valence-electron chi connectivity index (χ2n) is 5.22. The Morgan fingerprint density at radius 1 is 0.947 bits per heavy atom. The molecule has 0 bridgehead atoms. The lowest BCUT2D eigenvalue weighted by molar-refractivity contribution is -0.155. The minimum atomic E-state index is -0.601. The van der Waals surface area contributed by atoms with Gasteiger partial charge in [-0.15, -0.1) is 0 Å².